The third kappa shape index (κ3) is 2.63. The third-order valence-electron chi connectivity index (χ3n) is 4.44. The van der Waals surface area contributed by atoms with Crippen LogP contribution in [0.25, 0.3) is 21.9 Å². The second-order valence-electron chi connectivity index (χ2n) is 6.24. The molecule has 0 aromatic heterocycles. The molecule has 0 amide bonds. The van der Waals surface area contributed by atoms with Gasteiger partial charge >= 0.3 is 17.2 Å². The van der Waals surface area contributed by atoms with Crippen molar-refractivity contribution in [1.82, 2.24) is 0 Å². The summed E-state index contributed by atoms with van der Waals surface area (Å²) in [4.78, 5) is 0. The molecule has 0 spiro atoms. The first-order valence-corrected chi connectivity index (χ1v) is 8.73. The predicted octanol–water partition coefficient (Wildman–Crippen LogP) is 6.94. The van der Waals surface area contributed by atoms with E-state index in [0.717, 1.165) is 18.2 Å². The fourth-order valence-corrected chi connectivity index (χ4v) is 3.95. The standard InChI is InChI=1S/C19H10F7NS/c20-14-7-5-11(6-8-14)13-9-12-3-1-2-4-15(12)16(10-13)27-18(23,24)17(21,22)19(25,26)28-27/h1-10H. The van der Waals surface area contributed by atoms with Gasteiger partial charge in [-0.2, -0.15) is 26.3 Å². The summed E-state index contributed by atoms with van der Waals surface area (Å²) >= 11 is -0.904. The molecule has 4 rings (SSSR count). The minimum absolute atomic E-state index is 0.106. The van der Waals surface area contributed by atoms with Crippen molar-refractivity contribution in [2.24, 2.45) is 0 Å². The average molecular weight is 417 g/mol. The van der Waals surface area contributed by atoms with E-state index in [1.54, 1.807) is 18.2 Å². The van der Waals surface area contributed by atoms with Crippen LogP contribution in [0.4, 0.5) is 36.4 Å². The van der Waals surface area contributed by atoms with Crippen molar-refractivity contribution in [2.45, 2.75) is 17.2 Å². The summed E-state index contributed by atoms with van der Waals surface area (Å²) in [5, 5.41) is -4.49. The summed E-state index contributed by atoms with van der Waals surface area (Å²) in [5.41, 5.74) is 0.229. The van der Waals surface area contributed by atoms with Gasteiger partial charge < -0.3 is 0 Å². The van der Waals surface area contributed by atoms with Gasteiger partial charge in [0.25, 0.3) is 0 Å². The molecule has 0 atom stereocenters. The fraction of sp³-hybridized carbons (Fsp3) is 0.158. The van der Waals surface area contributed by atoms with Crippen LogP contribution >= 0.6 is 11.9 Å². The van der Waals surface area contributed by atoms with Crippen LogP contribution in [-0.2, 0) is 0 Å². The topological polar surface area (TPSA) is 3.24 Å². The molecule has 1 aliphatic heterocycles. The molecule has 0 saturated carbocycles. The molecule has 1 aliphatic rings. The molecule has 0 N–H and O–H groups in total. The van der Waals surface area contributed by atoms with Crippen LogP contribution in [-0.4, -0.2) is 17.2 Å². The second kappa shape index (κ2) is 6.04. The Morgan fingerprint density at radius 1 is 0.750 bits per heavy atom. The molecule has 0 radical (unpaired) electrons. The number of hydrogen-bond donors (Lipinski definition) is 0. The molecule has 0 bridgehead atoms. The highest BCUT2D eigenvalue weighted by atomic mass is 32.2. The van der Waals surface area contributed by atoms with Crippen molar-refractivity contribution in [3.8, 4) is 11.1 Å². The van der Waals surface area contributed by atoms with Crippen LogP contribution in [0.1, 0.15) is 0 Å². The second-order valence-corrected chi connectivity index (χ2v) is 7.30. The number of hydrogen-bond acceptors (Lipinski definition) is 2. The van der Waals surface area contributed by atoms with Crippen LogP contribution in [0.15, 0.2) is 60.7 Å². The summed E-state index contributed by atoms with van der Waals surface area (Å²) < 4.78 is 96.2. The largest absolute Gasteiger partial charge is 0.405 e. The summed E-state index contributed by atoms with van der Waals surface area (Å²) in [6, 6.07) is 8.63. The molecule has 1 nitrogen and oxygen atoms in total. The van der Waals surface area contributed by atoms with Crippen LogP contribution in [0.5, 0.6) is 0 Å². The molecule has 3 aromatic rings. The van der Waals surface area contributed by atoms with E-state index < -0.39 is 40.7 Å². The van der Waals surface area contributed by atoms with Crippen molar-refractivity contribution in [3.63, 3.8) is 0 Å². The molecule has 9 heteroatoms. The Morgan fingerprint density at radius 3 is 2.00 bits per heavy atom. The van der Waals surface area contributed by atoms with Crippen LogP contribution in [0.2, 0.25) is 0 Å². The van der Waals surface area contributed by atoms with Crippen molar-refractivity contribution in [2.75, 3.05) is 4.31 Å². The summed E-state index contributed by atoms with van der Waals surface area (Å²) in [5.74, 6) is -6.08. The van der Waals surface area contributed by atoms with E-state index in [-0.39, 0.29) is 9.69 Å². The lowest BCUT2D eigenvalue weighted by Crippen LogP contribution is -2.50. The van der Waals surface area contributed by atoms with Crippen LogP contribution in [0, 0.1) is 5.82 Å². The van der Waals surface area contributed by atoms with E-state index in [4.69, 9.17) is 0 Å². The lowest BCUT2D eigenvalue weighted by molar-refractivity contribution is -0.258. The average Bonchev–Trinajstić information content (AvgIpc) is 2.77. The minimum atomic E-state index is -5.56. The van der Waals surface area contributed by atoms with Crippen LogP contribution < -0.4 is 4.31 Å². The molecule has 0 aliphatic carbocycles. The van der Waals surface area contributed by atoms with Gasteiger partial charge in [0.1, 0.15) is 5.82 Å². The van der Waals surface area contributed by atoms with Gasteiger partial charge in [0, 0.05) is 17.3 Å². The maximum atomic E-state index is 14.3. The van der Waals surface area contributed by atoms with E-state index in [1.807, 2.05) is 0 Å². The Hall–Kier alpha value is -2.42. The van der Waals surface area contributed by atoms with E-state index in [0.29, 0.717) is 16.5 Å². The SMILES string of the molecule is Fc1ccc(-c2cc(N3SC(F)(F)C(F)(F)C3(F)F)c3ccccc3c2)cc1. The number of anilines is 1. The molecule has 28 heavy (non-hydrogen) atoms. The first-order chi connectivity index (χ1) is 13.0. The van der Waals surface area contributed by atoms with Crippen molar-refractivity contribution in [1.29, 1.82) is 0 Å². The van der Waals surface area contributed by atoms with Gasteiger partial charge in [0.2, 0.25) is 0 Å². The van der Waals surface area contributed by atoms with Gasteiger partial charge in [0.05, 0.1) is 5.69 Å². The van der Waals surface area contributed by atoms with Gasteiger partial charge in [-0.3, -0.25) is 0 Å². The van der Waals surface area contributed by atoms with Gasteiger partial charge in [0.15, 0.2) is 0 Å². The molecule has 3 aromatic carbocycles. The minimum Gasteiger partial charge on any atom is -0.244 e. The summed E-state index contributed by atoms with van der Waals surface area (Å²) in [6.07, 6.45) is 0. The molecular weight excluding hydrogens is 407 g/mol. The lowest BCUT2D eigenvalue weighted by atomic mass is 9.99. The highest BCUT2D eigenvalue weighted by Gasteiger charge is 2.82. The van der Waals surface area contributed by atoms with E-state index in [1.165, 1.54) is 24.3 Å². The van der Waals surface area contributed by atoms with Gasteiger partial charge in [-0.15, -0.1) is 0 Å². The Labute approximate surface area is 158 Å². The van der Waals surface area contributed by atoms with Gasteiger partial charge in [-0.25, -0.2) is 8.70 Å². The Bertz CT molecular complexity index is 1050. The van der Waals surface area contributed by atoms with E-state index >= 15 is 0 Å². The first-order valence-electron chi connectivity index (χ1n) is 7.96. The normalized spacial score (nSPS) is 19.9. The Morgan fingerprint density at radius 2 is 1.39 bits per heavy atom. The summed E-state index contributed by atoms with van der Waals surface area (Å²) in [7, 11) is 0. The lowest BCUT2D eigenvalue weighted by Gasteiger charge is -2.27. The number of halogens is 7. The smallest absolute Gasteiger partial charge is 0.244 e. The monoisotopic (exact) mass is 417 g/mol. The number of benzene rings is 3. The highest BCUT2D eigenvalue weighted by Crippen LogP contribution is 2.63. The Balaban J connectivity index is 1.95. The fourth-order valence-electron chi connectivity index (χ4n) is 3.00. The highest BCUT2D eigenvalue weighted by molar-refractivity contribution is 8.02. The number of fused-ring (bicyclic) bond motifs is 1. The number of nitrogens with zero attached hydrogens (tertiary/aromatic N) is 1. The van der Waals surface area contributed by atoms with Crippen molar-refractivity contribution < 1.29 is 30.7 Å². The molecular formula is C19H10F7NS. The molecule has 1 fully saturated rings. The molecule has 0 unspecified atom stereocenters. The Kier molecular flexibility index (Phi) is 4.08. The van der Waals surface area contributed by atoms with E-state index in [2.05, 4.69) is 0 Å². The van der Waals surface area contributed by atoms with Crippen LogP contribution in [0.3, 0.4) is 0 Å². The maximum absolute atomic E-state index is 14.3. The first kappa shape index (κ1) is 18.9. The van der Waals surface area contributed by atoms with Crippen molar-refractivity contribution >= 4 is 28.4 Å². The quantitative estimate of drug-likeness (QED) is 0.253. The predicted molar refractivity (Wildman–Crippen MR) is 94.3 cm³/mol. The van der Waals surface area contributed by atoms with Crippen molar-refractivity contribution in [3.05, 3.63) is 66.5 Å². The number of alkyl halides is 6. The molecule has 1 heterocycles. The zero-order valence-electron chi connectivity index (χ0n) is 13.8. The number of rotatable bonds is 2. The van der Waals surface area contributed by atoms with Gasteiger partial charge in [-0.05, 0) is 40.8 Å². The summed E-state index contributed by atoms with van der Waals surface area (Å²) in [6.45, 7) is 0. The zero-order valence-corrected chi connectivity index (χ0v) is 14.6. The van der Waals surface area contributed by atoms with E-state index in [9.17, 15) is 30.7 Å². The van der Waals surface area contributed by atoms with Gasteiger partial charge in [-0.1, -0.05) is 36.4 Å². The zero-order chi connectivity index (χ0) is 20.3. The third-order valence-corrected chi connectivity index (χ3v) is 5.53. The molecule has 146 valence electrons. The molecule has 1 saturated heterocycles. The maximum Gasteiger partial charge on any atom is 0.405 e.